The lowest BCUT2D eigenvalue weighted by molar-refractivity contribution is -0.139. The standard InChI is InChI=1S/C20H27N3O4/c1-13(2)15-5-7-16(8-6-15)20-21-17(27-22-20)9-10-18(24)23(14(3)4)12-11-19(25)26/h5-8,13-14H,9-12H2,1-4H3,(H,25,26). The molecule has 0 saturated heterocycles. The zero-order valence-corrected chi connectivity index (χ0v) is 16.3. The van der Waals surface area contributed by atoms with Gasteiger partial charge in [-0.3, -0.25) is 9.59 Å². The van der Waals surface area contributed by atoms with E-state index >= 15 is 0 Å². The van der Waals surface area contributed by atoms with Crippen molar-refractivity contribution in [3.05, 3.63) is 35.7 Å². The summed E-state index contributed by atoms with van der Waals surface area (Å²) in [5, 5.41) is 12.8. The van der Waals surface area contributed by atoms with Gasteiger partial charge in [0, 0.05) is 31.0 Å². The number of hydrogen-bond acceptors (Lipinski definition) is 5. The Morgan fingerprint density at radius 3 is 2.33 bits per heavy atom. The van der Waals surface area contributed by atoms with Crippen molar-refractivity contribution in [3.63, 3.8) is 0 Å². The molecule has 1 amide bonds. The van der Waals surface area contributed by atoms with Gasteiger partial charge in [-0.1, -0.05) is 43.3 Å². The zero-order chi connectivity index (χ0) is 20.0. The number of carboxylic acids is 1. The fourth-order valence-corrected chi connectivity index (χ4v) is 2.74. The van der Waals surface area contributed by atoms with Crippen LogP contribution < -0.4 is 0 Å². The maximum atomic E-state index is 12.4. The molecular formula is C20H27N3O4. The van der Waals surface area contributed by atoms with Gasteiger partial charge < -0.3 is 14.5 Å². The molecule has 0 aliphatic rings. The summed E-state index contributed by atoms with van der Waals surface area (Å²) in [6, 6.07) is 7.95. The summed E-state index contributed by atoms with van der Waals surface area (Å²) >= 11 is 0. The Morgan fingerprint density at radius 1 is 1.11 bits per heavy atom. The normalized spacial score (nSPS) is 11.2. The van der Waals surface area contributed by atoms with Crippen molar-refractivity contribution < 1.29 is 19.2 Å². The van der Waals surface area contributed by atoms with Crippen LogP contribution >= 0.6 is 0 Å². The van der Waals surface area contributed by atoms with E-state index in [1.807, 2.05) is 38.1 Å². The second-order valence-corrected chi connectivity index (χ2v) is 7.11. The topological polar surface area (TPSA) is 96.5 Å². The number of hydrogen-bond donors (Lipinski definition) is 1. The van der Waals surface area contributed by atoms with Gasteiger partial charge in [0.05, 0.1) is 6.42 Å². The van der Waals surface area contributed by atoms with Gasteiger partial charge in [0.25, 0.3) is 0 Å². The van der Waals surface area contributed by atoms with Crippen LogP contribution in [-0.4, -0.2) is 44.6 Å². The fraction of sp³-hybridized carbons (Fsp3) is 0.500. The Morgan fingerprint density at radius 2 is 1.78 bits per heavy atom. The highest BCUT2D eigenvalue weighted by atomic mass is 16.5. The van der Waals surface area contributed by atoms with Gasteiger partial charge in [0.2, 0.25) is 17.6 Å². The first-order chi connectivity index (χ1) is 12.8. The molecule has 0 radical (unpaired) electrons. The van der Waals surface area contributed by atoms with Crippen LogP contribution in [0.2, 0.25) is 0 Å². The van der Waals surface area contributed by atoms with E-state index in [-0.39, 0.29) is 31.3 Å². The first kappa shape index (κ1) is 20.6. The number of amides is 1. The van der Waals surface area contributed by atoms with Gasteiger partial charge in [0.15, 0.2) is 0 Å². The third kappa shape index (κ3) is 5.91. The van der Waals surface area contributed by atoms with Crippen LogP contribution in [0.5, 0.6) is 0 Å². The van der Waals surface area contributed by atoms with E-state index in [0.717, 1.165) is 5.56 Å². The zero-order valence-electron chi connectivity index (χ0n) is 16.3. The molecule has 0 unspecified atom stereocenters. The van der Waals surface area contributed by atoms with E-state index in [0.29, 0.717) is 24.1 Å². The van der Waals surface area contributed by atoms with Crippen molar-refractivity contribution in [2.45, 2.75) is 58.9 Å². The average Bonchev–Trinajstić information content (AvgIpc) is 3.08. The molecule has 7 nitrogen and oxygen atoms in total. The maximum absolute atomic E-state index is 12.4. The quantitative estimate of drug-likeness (QED) is 0.722. The Balaban J connectivity index is 1.96. The number of aliphatic carboxylic acids is 1. The van der Waals surface area contributed by atoms with Crippen LogP contribution in [0.4, 0.5) is 0 Å². The van der Waals surface area contributed by atoms with Crippen LogP contribution in [0.15, 0.2) is 28.8 Å². The van der Waals surface area contributed by atoms with Gasteiger partial charge in [-0.15, -0.1) is 0 Å². The molecule has 27 heavy (non-hydrogen) atoms. The van der Waals surface area contributed by atoms with Gasteiger partial charge >= 0.3 is 5.97 Å². The molecule has 0 aliphatic carbocycles. The van der Waals surface area contributed by atoms with Gasteiger partial charge in [-0.2, -0.15) is 4.98 Å². The third-order valence-electron chi connectivity index (χ3n) is 4.37. The molecule has 2 aromatic rings. The molecule has 0 aliphatic heterocycles. The second kappa shape index (κ2) is 9.30. The molecule has 1 heterocycles. The van der Waals surface area contributed by atoms with Gasteiger partial charge in [0.1, 0.15) is 0 Å². The van der Waals surface area contributed by atoms with E-state index in [2.05, 4.69) is 24.0 Å². The maximum Gasteiger partial charge on any atom is 0.305 e. The second-order valence-electron chi connectivity index (χ2n) is 7.11. The largest absolute Gasteiger partial charge is 0.481 e. The summed E-state index contributed by atoms with van der Waals surface area (Å²) in [5.41, 5.74) is 2.11. The number of benzene rings is 1. The number of carboxylic acid groups (broad SMARTS) is 1. The lowest BCUT2D eigenvalue weighted by Crippen LogP contribution is -2.38. The Labute approximate surface area is 159 Å². The highest BCUT2D eigenvalue weighted by molar-refractivity contribution is 5.77. The average molecular weight is 373 g/mol. The summed E-state index contributed by atoms with van der Waals surface area (Å²) in [7, 11) is 0. The minimum absolute atomic E-state index is 0.0606. The van der Waals surface area contributed by atoms with Gasteiger partial charge in [-0.05, 0) is 25.3 Å². The molecule has 0 spiro atoms. The van der Waals surface area contributed by atoms with Crippen LogP contribution in [0.3, 0.4) is 0 Å². The molecule has 0 fully saturated rings. The molecule has 7 heteroatoms. The Kier molecular flexibility index (Phi) is 7.10. The number of carbonyl (C=O) groups is 2. The number of aryl methyl sites for hydroxylation is 1. The van der Waals surface area contributed by atoms with E-state index < -0.39 is 5.97 Å². The van der Waals surface area contributed by atoms with Crippen molar-refractivity contribution in [1.82, 2.24) is 15.0 Å². The van der Waals surface area contributed by atoms with Crippen molar-refractivity contribution in [1.29, 1.82) is 0 Å². The molecule has 1 aromatic heterocycles. The predicted octanol–water partition coefficient (Wildman–Crippen LogP) is 3.50. The minimum Gasteiger partial charge on any atom is -0.481 e. The molecular weight excluding hydrogens is 346 g/mol. The minimum atomic E-state index is -0.918. The molecule has 0 bridgehead atoms. The molecule has 0 atom stereocenters. The van der Waals surface area contributed by atoms with Crippen LogP contribution in [0, 0.1) is 0 Å². The lowest BCUT2D eigenvalue weighted by Gasteiger charge is -2.26. The predicted molar refractivity (Wildman–Crippen MR) is 101 cm³/mol. The fourth-order valence-electron chi connectivity index (χ4n) is 2.74. The summed E-state index contributed by atoms with van der Waals surface area (Å²) < 4.78 is 5.26. The van der Waals surface area contributed by atoms with Crippen molar-refractivity contribution in [3.8, 4) is 11.4 Å². The lowest BCUT2D eigenvalue weighted by atomic mass is 10.0. The van der Waals surface area contributed by atoms with Crippen molar-refractivity contribution in [2.75, 3.05) is 6.54 Å². The summed E-state index contributed by atoms with van der Waals surface area (Å²) in [6.07, 6.45) is 0.457. The Hall–Kier alpha value is -2.70. The number of rotatable bonds is 9. The Bertz CT molecular complexity index is 766. The molecule has 0 saturated carbocycles. The van der Waals surface area contributed by atoms with E-state index in [9.17, 15) is 9.59 Å². The number of carbonyl (C=O) groups excluding carboxylic acids is 1. The smallest absolute Gasteiger partial charge is 0.305 e. The van der Waals surface area contributed by atoms with Crippen molar-refractivity contribution in [2.24, 2.45) is 0 Å². The monoisotopic (exact) mass is 373 g/mol. The van der Waals surface area contributed by atoms with Crippen LogP contribution in [0.1, 0.15) is 57.9 Å². The van der Waals surface area contributed by atoms with Crippen molar-refractivity contribution >= 4 is 11.9 Å². The molecule has 146 valence electrons. The van der Waals surface area contributed by atoms with Crippen LogP contribution in [-0.2, 0) is 16.0 Å². The highest BCUT2D eigenvalue weighted by Gasteiger charge is 2.19. The molecule has 1 aromatic carbocycles. The highest BCUT2D eigenvalue weighted by Crippen LogP contribution is 2.21. The number of aromatic nitrogens is 2. The van der Waals surface area contributed by atoms with E-state index in [1.54, 1.807) is 4.90 Å². The van der Waals surface area contributed by atoms with E-state index in [1.165, 1.54) is 5.56 Å². The molecule has 2 rings (SSSR count). The van der Waals surface area contributed by atoms with Gasteiger partial charge in [-0.25, -0.2) is 0 Å². The summed E-state index contributed by atoms with van der Waals surface area (Å²) in [5.74, 6) is 0.314. The SMILES string of the molecule is CC(C)c1ccc(-c2noc(CCC(=O)N(CCC(=O)O)C(C)C)n2)cc1. The third-order valence-corrected chi connectivity index (χ3v) is 4.37. The van der Waals surface area contributed by atoms with E-state index in [4.69, 9.17) is 9.63 Å². The number of nitrogens with zero attached hydrogens (tertiary/aromatic N) is 3. The summed E-state index contributed by atoms with van der Waals surface area (Å²) in [4.78, 5) is 29.1. The first-order valence-corrected chi connectivity index (χ1v) is 9.22. The van der Waals surface area contributed by atoms with Crippen LogP contribution in [0.25, 0.3) is 11.4 Å². The first-order valence-electron chi connectivity index (χ1n) is 9.22. The summed E-state index contributed by atoms with van der Waals surface area (Å²) in [6.45, 7) is 8.20. The molecule has 1 N–H and O–H groups in total.